The van der Waals surface area contributed by atoms with Gasteiger partial charge in [0.1, 0.15) is 5.82 Å². The van der Waals surface area contributed by atoms with Crippen LogP contribution in [0.4, 0.5) is 4.39 Å². The van der Waals surface area contributed by atoms with E-state index in [0.29, 0.717) is 49.4 Å². The van der Waals surface area contributed by atoms with Crippen molar-refractivity contribution in [2.24, 2.45) is 0 Å². The van der Waals surface area contributed by atoms with Gasteiger partial charge >= 0.3 is 0 Å². The lowest BCUT2D eigenvalue weighted by atomic mass is 10.0. The van der Waals surface area contributed by atoms with Gasteiger partial charge in [0.2, 0.25) is 0 Å². The summed E-state index contributed by atoms with van der Waals surface area (Å²) in [6.45, 7) is 5.30. The van der Waals surface area contributed by atoms with E-state index in [1.54, 1.807) is 41.0 Å². The molecule has 8 heteroatoms. The zero-order valence-electron chi connectivity index (χ0n) is 18.8. The third kappa shape index (κ3) is 4.25. The minimum atomic E-state index is -0.424. The molecule has 0 spiro atoms. The number of aryl methyl sites for hydroxylation is 1. The van der Waals surface area contributed by atoms with Gasteiger partial charge in [-0.3, -0.25) is 24.1 Å². The SMILES string of the molecule is CCCCN1C(=O)c2ccc(C(=O)N3CCN(C(=O)c4ccc(C)c(F)c4)CC3)cc2C1=O. The van der Waals surface area contributed by atoms with Gasteiger partial charge in [0.05, 0.1) is 11.1 Å². The van der Waals surface area contributed by atoms with Gasteiger partial charge in [-0.25, -0.2) is 4.39 Å². The monoisotopic (exact) mass is 451 g/mol. The maximum atomic E-state index is 13.8. The quantitative estimate of drug-likeness (QED) is 0.655. The summed E-state index contributed by atoms with van der Waals surface area (Å²) in [5, 5.41) is 0. The molecule has 0 radical (unpaired) electrons. The second kappa shape index (κ2) is 9.13. The van der Waals surface area contributed by atoms with Crippen LogP contribution in [-0.2, 0) is 0 Å². The van der Waals surface area contributed by atoms with E-state index in [1.807, 2.05) is 6.92 Å². The average Bonchev–Trinajstić information content (AvgIpc) is 3.07. The molecule has 0 aliphatic carbocycles. The number of imide groups is 1. The molecule has 2 aromatic rings. The molecular formula is C25H26FN3O4. The molecule has 0 N–H and O–H groups in total. The molecule has 4 rings (SSSR count). The third-order valence-electron chi connectivity index (χ3n) is 6.23. The summed E-state index contributed by atoms with van der Waals surface area (Å²) < 4.78 is 13.8. The van der Waals surface area contributed by atoms with Gasteiger partial charge < -0.3 is 9.80 Å². The number of rotatable bonds is 5. The Morgan fingerprint density at radius 3 is 1.97 bits per heavy atom. The van der Waals surface area contributed by atoms with Gasteiger partial charge in [-0.2, -0.15) is 0 Å². The molecule has 2 aliphatic rings. The van der Waals surface area contributed by atoms with E-state index in [0.717, 1.165) is 12.8 Å². The smallest absolute Gasteiger partial charge is 0.261 e. The van der Waals surface area contributed by atoms with E-state index < -0.39 is 5.82 Å². The van der Waals surface area contributed by atoms with Crippen molar-refractivity contribution in [1.29, 1.82) is 0 Å². The minimum Gasteiger partial charge on any atom is -0.335 e. The Bertz CT molecular complexity index is 1140. The van der Waals surface area contributed by atoms with Crippen molar-refractivity contribution < 1.29 is 23.6 Å². The van der Waals surface area contributed by atoms with Gasteiger partial charge in [-0.1, -0.05) is 19.4 Å². The summed E-state index contributed by atoms with van der Waals surface area (Å²) in [7, 11) is 0. The largest absolute Gasteiger partial charge is 0.335 e. The Morgan fingerprint density at radius 2 is 1.39 bits per heavy atom. The molecule has 2 aromatic carbocycles. The molecule has 1 saturated heterocycles. The van der Waals surface area contributed by atoms with Crippen LogP contribution in [0.15, 0.2) is 36.4 Å². The van der Waals surface area contributed by atoms with E-state index >= 15 is 0 Å². The predicted molar refractivity (Wildman–Crippen MR) is 120 cm³/mol. The minimum absolute atomic E-state index is 0.251. The van der Waals surface area contributed by atoms with Crippen LogP contribution in [0, 0.1) is 12.7 Å². The first kappa shape index (κ1) is 22.6. The van der Waals surface area contributed by atoms with Crippen molar-refractivity contribution in [1.82, 2.24) is 14.7 Å². The lowest BCUT2D eigenvalue weighted by Gasteiger charge is -2.35. The number of nitrogens with zero attached hydrogens (tertiary/aromatic N) is 3. The number of carbonyl (C=O) groups is 4. The number of unbranched alkanes of at least 4 members (excludes halogenated alkanes) is 1. The normalized spacial score (nSPS) is 15.8. The van der Waals surface area contributed by atoms with E-state index in [-0.39, 0.29) is 34.8 Å². The molecule has 33 heavy (non-hydrogen) atoms. The molecule has 1 fully saturated rings. The highest BCUT2D eigenvalue weighted by molar-refractivity contribution is 6.22. The van der Waals surface area contributed by atoms with E-state index in [1.165, 1.54) is 17.0 Å². The molecule has 4 amide bonds. The van der Waals surface area contributed by atoms with Crippen LogP contribution in [0.5, 0.6) is 0 Å². The van der Waals surface area contributed by atoms with Crippen molar-refractivity contribution in [2.45, 2.75) is 26.7 Å². The molecule has 172 valence electrons. The third-order valence-corrected chi connectivity index (χ3v) is 6.23. The lowest BCUT2D eigenvalue weighted by Crippen LogP contribution is -2.50. The molecule has 0 bridgehead atoms. The topological polar surface area (TPSA) is 78.0 Å². The molecule has 2 aliphatic heterocycles. The zero-order valence-corrected chi connectivity index (χ0v) is 18.8. The molecule has 0 aromatic heterocycles. The number of halogens is 1. The van der Waals surface area contributed by atoms with Crippen molar-refractivity contribution in [3.05, 3.63) is 70.0 Å². The van der Waals surface area contributed by atoms with E-state index in [2.05, 4.69) is 0 Å². The van der Waals surface area contributed by atoms with Crippen LogP contribution >= 0.6 is 0 Å². The standard InChI is InChI=1S/C25H26FN3O4/c1-3-4-9-29-24(32)19-8-7-17(14-20(19)25(29)33)22(30)27-10-12-28(13-11-27)23(31)18-6-5-16(2)21(26)15-18/h5-8,14-15H,3-4,9-13H2,1-2H3. The Labute approximate surface area is 191 Å². The summed E-state index contributed by atoms with van der Waals surface area (Å²) in [6.07, 6.45) is 1.60. The van der Waals surface area contributed by atoms with Gasteiger partial charge in [0.15, 0.2) is 0 Å². The number of piperazine rings is 1. The molecule has 2 heterocycles. The Hall–Kier alpha value is -3.55. The molecule has 7 nitrogen and oxygen atoms in total. The highest BCUT2D eigenvalue weighted by atomic mass is 19.1. The average molecular weight is 451 g/mol. The molecular weight excluding hydrogens is 425 g/mol. The number of hydrogen-bond acceptors (Lipinski definition) is 4. The summed E-state index contributed by atoms with van der Waals surface area (Å²) in [5.74, 6) is -1.62. The van der Waals surface area contributed by atoms with Crippen LogP contribution in [0.3, 0.4) is 0 Å². The van der Waals surface area contributed by atoms with Crippen molar-refractivity contribution in [2.75, 3.05) is 32.7 Å². The van der Waals surface area contributed by atoms with E-state index in [9.17, 15) is 23.6 Å². The number of hydrogen-bond donors (Lipinski definition) is 0. The molecule has 0 unspecified atom stereocenters. The van der Waals surface area contributed by atoms with Gasteiger partial charge in [0, 0.05) is 43.9 Å². The second-order valence-corrected chi connectivity index (χ2v) is 8.42. The van der Waals surface area contributed by atoms with Crippen LogP contribution in [0.25, 0.3) is 0 Å². The fourth-order valence-corrected chi connectivity index (χ4v) is 4.15. The summed E-state index contributed by atoms with van der Waals surface area (Å²) in [5.41, 5.74) is 1.69. The number of fused-ring (bicyclic) bond motifs is 1. The van der Waals surface area contributed by atoms with Crippen LogP contribution in [-0.4, -0.2) is 71.1 Å². The zero-order chi connectivity index (χ0) is 23.7. The Balaban J connectivity index is 1.42. The Kier molecular flexibility index (Phi) is 6.26. The first-order valence-electron chi connectivity index (χ1n) is 11.2. The summed E-state index contributed by atoms with van der Waals surface area (Å²) >= 11 is 0. The fourth-order valence-electron chi connectivity index (χ4n) is 4.15. The second-order valence-electron chi connectivity index (χ2n) is 8.42. The van der Waals surface area contributed by atoms with Crippen LogP contribution < -0.4 is 0 Å². The van der Waals surface area contributed by atoms with Gasteiger partial charge in [-0.05, 0) is 49.2 Å². The number of benzene rings is 2. The van der Waals surface area contributed by atoms with Gasteiger partial charge in [-0.15, -0.1) is 0 Å². The van der Waals surface area contributed by atoms with Crippen LogP contribution in [0.2, 0.25) is 0 Å². The maximum Gasteiger partial charge on any atom is 0.261 e. The van der Waals surface area contributed by atoms with Crippen LogP contribution in [0.1, 0.15) is 66.8 Å². The fraction of sp³-hybridized carbons (Fsp3) is 0.360. The Morgan fingerprint density at radius 1 is 0.848 bits per heavy atom. The predicted octanol–water partition coefficient (Wildman–Crippen LogP) is 3.13. The van der Waals surface area contributed by atoms with Crippen molar-refractivity contribution in [3.8, 4) is 0 Å². The summed E-state index contributed by atoms with van der Waals surface area (Å²) in [4.78, 5) is 55.4. The highest BCUT2D eigenvalue weighted by Gasteiger charge is 2.36. The van der Waals surface area contributed by atoms with Crippen molar-refractivity contribution in [3.63, 3.8) is 0 Å². The highest BCUT2D eigenvalue weighted by Crippen LogP contribution is 2.25. The van der Waals surface area contributed by atoms with Crippen molar-refractivity contribution >= 4 is 23.6 Å². The number of carbonyl (C=O) groups excluding carboxylic acids is 4. The molecule has 0 atom stereocenters. The lowest BCUT2D eigenvalue weighted by molar-refractivity contribution is 0.0535. The maximum absolute atomic E-state index is 13.8. The van der Waals surface area contributed by atoms with E-state index in [4.69, 9.17) is 0 Å². The number of amides is 4. The molecule has 0 saturated carbocycles. The summed E-state index contributed by atoms with van der Waals surface area (Å²) in [6, 6.07) is 9.03. The van der Waals surface area contributed by atoms with Gasteiger partial charge in [0.25, 0.3) is 23.6 Å². The first-order valence-corrected chi connectivity index (χ1v) is 11.2. The first-order chi connectivity index (χ1) is 15.8.